The topological polar surface area (TPSA) is 36.4 Å². The van der Waals surface area contributed by atoms with E-state index in [0.717, 1.165) is 30.3 Å². The summed E-state index contributed by atoms with van der Waals surface area (Å²) in [6, 6.07) is 8.16. The van der Waals surface area contributed by atoms with Crippen molar-refractivity contribution in [2.24, 2.45) is 11.8 Å². The molecular weight excluding hydrogens is 318 g/mol. The molecule has 4 nitrogen and oxygen atoms in total. The molecule has 0 bridgehead atoms. The Balaban J connectivity index is 1.66. The van der Waals surface area contributed by atoms with Gasteiger partial charge in [0.1, 0.15) is 6.04 Å². The zero-order valence-electron chi connectivity index (χ0n) is 14.2. The van der Waals surface area contributed by atoms with Gasteiger partial charge >= 0.3 is 0 Å². The zero-order valence-corrected chi connectivity index (χ0v) is 15.0. The van der Waals surface area contributed by atoms with Crippen LogP contribution in [0.1, 0.15) is 25.8 Å². The van der Waals surface area contributed by atoms with Crippen molar-refractivity contribution in [1.29, 1.82) is 0 Å². The normalized spacial score (nSPS) is 26.5. The lowest BCUT2D eigenvalue weighted by Gasteiger charge is -2.38. The Hall–Kier alpha value is -1.88. The number of hydrogen-bond acceptors (Lipinski definition) is 4. The summed E-state index contributed by atoms with van der Waals surface area (Å²) in [7, 11) is 0. The van der Waals surface area contributed by atoms with Gasteiger partial charge in [-0.15, -0.1) is 11.3 Å². The van der Waals surface area contributed by atoms with Crippen LogP contribution in [0.5, 0.6) is 0 Å². The SMILES string of the molecule is CC1CC(C)CN(C(=O)[C@@H]2Cc3ccccc3N2c2nccs2)C1. The fraction of sp³-hybridized carbons (Fsp3) is 0.474. The van der Waals surface area contributed by atoms with Gasteiger partial charge in [0.25, 0.3) is 0 Å². The predicted octanol–water partition coefficient (Wildman–Crippen LogP) is 3.71. The number of carbonyl (C=O) groups is 1. The molecule has 1 aromatic carbocycles. The average molecular weight is 341 g/mol. The highest BCUT2D eigenvalue weighted by molar-refractivity contribution is 7.13. The molecule has 0 saturated carbocycles. The molecule has 0 radical (unpaired) electrons. The summed E-state index contributed by atoms with van der Waals surface area (Å²) in [4.78, 5) is 22.0. The summed E-state index contributed by atoms with van der Waals surface area (Å²) in [5.74, 6) is 1.41. The van der Waals surface area contributed by atoms with E-state index in [4.69, 9.17) is 0 Å². The van der Waals surface area contributed by atoms with Crippen LogP contribution in [-0.2, 0) is 11.2 Å². The molecule has 2 aliphatic rings. The summed E-state index contributed by atoms with van der Waals surface area (Å²) >= 11 is 1.60. The number of aromatic nitrogens is 1. The van der Waals surface area contributed by atoms with E-state index in [1.54, 1.807) is 11.3 Å². The van der Waals surface area contributed by atoms with Gasteiger partial charge in [0.05, 0.1) is 0 Å². The molecule has 4 rings (SSSR count). The largest absolute Gasteiger partial charge is 0.340 e. The van der Waals surface area contributed by atoms with Crippen LogP contribution in [0.25, 0.3) is 0 Å². The van der Waals surface area contributed by atoms with Crippen LogP contribution in [0.2, 0.25) is 0 Å². The third-order valence-electron chi connectivity index (χ3n) is 5.07. The van der Waals surface area contributed by atoms with Crippen LogP contribution in [0.3, 0.4) is 0 Å². The Morgan fingerprint density at radius 2 is 1.96 bits per heavy atom. The Morgan fingerprint density at radius 3 is 2.67 bits per heavy atom. The summed E-state index contributed by atoms with van der Waals surface area (Å²) in [6.45, 7) is 6.25. The number of para-hydroxylation sites is 1. The van der Waals surface area contributed by atoms with E-state index in [-0.39, 0.29) is 11.9 Å². The van der Waals surface area contributed by atoms with Crippen molar-refractivity contribution in [3.8, 4) is 0 Å². The van der Waals surface area contributed by atoms with E-state index in [2.05, 4.69) is 46.8 Å². The minimum atomic E-state index is -0.161. The lowest BCUT2D eigenvalue weighted by molar-refractivity contribution is -0.135. The van der Waals surface area contributed by atoms with E-state index >= 15 is 0 Å². The van der Waals surface area contributed by atoms with Gasteiger partial charge in [-0.05, 0) is 29.9 Å². The van der Waals surface area contributed by atoms with Crippen LogP contribution in [0, 0.1) is 11.8 Å². The second kappa shape index (κ2) is 6.20. The highest BCUT2D eigenvalue weighted by Crippen LogP contribution is 2.40. The van der Waals surface area contributed by atoms with Crippen molar-refractivity contribution < 1.29 is 4.79 Å². The zero-order chi connectivity index (χ0) is 16.7. The van der Waals surface area contributed by atoms with Gasteiger partial charge in [0, 0.05) is 36.8 Å². The maximum absolute atomic E-state index is 13.3. The molecule has 1 fully saturated rings. The third kappa shape index (κ3) is 2.71. The highest BCUT2D eigenvalue weighted by atomic mass is 32.1. The van der Waals surface area contributed by atoms with Gasteiger partial charge in [-0.1, -0.05) is 32.0 Å². The van der Waals surface area contributed by atoms with Crippen LogP contribution < -0.4 is 4.90 Å². The predicted molar refractivity (Wildman–Crippen MR) is 97.7 cm³/mol. The molecule has 5 heteroatoms. The Bertz CT molecular complexity index is 720. The number of nitrogens with zero attached hydrogens (tertiary/aromatic N) is 3. The quantitative estimate of drug-likeness (QED) is 0.835. The maximum atomic E-state index is 13.3. The van der Waals surface area contributed by atoms with E-state index in [9.17, 15) is 4.79 Å². The molecule has 1 aromatic heterocycles. The van der Waals surface area contributed by atoms with Gasteiger partial charge in [0.2, 0.25) is 5.91 Å². The van der Waals surface area contributed by atoms with Crippen molar-refractivity contribution in [2.75, 3.05) is 18.0 Å². The Kier molecular flexibility index (Phi) is 4.04. The molecule has 24 heavy (non-hydrogen) atoms. The number of piperidine rings is 1. The maximum Gasteiger partial charge on any atom is 0.246 e. The lowest BCUT2D eigenvalue weighted by Crippen LogP contribution is -2.50. The number of amides is 1. The molecule has 2 unspecified atom stereocenters. The Morgan fingerprint density at radius 1 is 1.21 bits per heavy atom. The van der Waals surface area contributed by atoms with E-state index in [1.165, 1.54) is 12.0 Å². The molecule has 2 aromatic rings. The number of rotatable bonds is 2. The number of carbonyl (C=O) groups excluding carboxylic acids is 1. The van der Waals surface area contributed by atoms with Crippen molar-refractivity contribution in [2.45, 2.75) is 32.7 Å². The molecule has 0 spiro atoms. The number of fused-ring (bicyclic) bond motifs is 1. The monoisotopic (exact) mass is 341 g/mol. The van der Waals surface area contributed by atoms with Gasteiger partial charge in [-0.2, -0.15) is 0 Å². The summed E-state index contributed by atoms with van der Waals surface area (Å²) in [6.07, 6.45) is 3.80. The molecule has 3 atom stereocenters. The average Bonchev–Trinajstić information content (AvgIpc) is 3.20. The standard InChI is InChI=1S/C19H23N3OS/c1-13-9-14(2)12-21(11-13)18(23)17-10-15-5-3-4-6-16(15)22(17)19-20-7-8-24-19/h3-8,13-14,17H,9-12H2,1-2H3/t13?,14?,17-/m0/s1. The summed E-state index contributed by atoms with van der Waals surface area (Å²) in [5.41, 5.74) is 2.37. The smallest absolute Gasteiger partial charge is 0.246 e. The second-order valence-electron chi connectivity index (χ2n) is 7.22. The fourth-order valence-corrected chi connectivity index (χ4v) is 4.91. The molecule has 0 aliphatic carbocycles. The van der Waals surface area contributed by atoms with Crippen molar-refractivity contribution in [3.63, 3.8) is 0 Å². The highest BCUT2D eigenvalue weighted by Gasteiger charge is 2.40. The summed E-state index contributed by atoms with van der Waals surface area (Å²) < 4.78 is 0. The molecule has 126 valence electrons. The first kappa shape index (κ1) is 15.6. The molecule has 1 saturated heterocycles. The lowest BCUT2D eigenvalue weighted by atomic mass is 9.91. The number of hydrogen-bond donors (Lipinski definition) is 0. The minimum absolute atomic E-state index is 0.161. The molecule has 3 heterocycles. The fourth-order valence-electron chi connectivity index (χ4n) is 4.21. The van der Waals surface area contributed by atoms with Crippen LogP contribution in [0.15, 0.2) is 35.8 Å². The van der Waals surface area contributed by atoms with Gasteiger partial charge in [0.15, 0.2) is 5.13 Å². The molecule has 1 amide bonds. The first-order chi connectivity index (χ1) is 11.6. The van der Waals surface area contributed by atoms with Gasteiger partial charge < -0.3 is 9.80 Å². The molecule has 2 aliphatic heterocycles. The number of likely N-dealkylation sites (tertiary alicyclic amines) is 1. The summed E-state index contributed by atoms with van der Waals surface area (Å²) in [5, 5.41) is 2.89. The second-order valence-corrected chi connectivity index (χ2v) is 8.10. The minimum Gasteiger partial charge on any atom is -0.340 e. The van der Waals surface area contributed by atoms with Gasteiger partial charge in [-0.25, -0.2) is 4.98 Å². The molecular formula is C19H23N3OS. The first-order valence-corrected chi connectivity index (χ1v) is 9.57. The van der Waals surface area contributed by atoms with Crippen molar-refractivity contribution in [3.05, 3.63) is 41.4 Å². The van der Waals surface area contributed by atoms with E-state index in [0.29, 0.717) is 11.8 Å². The molecule has 0 N–H and O–H groups in total. The van der Waals surface area contributed by atoms with Crippen LogP contribution in [0.4, 0.5) is 10.8 Å². The number of anilines is 2. The van der Waals surface area contributed by atoms with E-state index < -0.39 is 0 Å². The van der Waals surface area contributed by atoms with Crippen molar-refractivity contribution in [1.82, 2.24) is 9.88 Å². The van der Waals surface area contributed by atoms with E-state index in [1.807, 2.05) is 17.6 Å². The third-order valence-corrected chi connectivity index (χ3v) is 5.84. The van der Waals surface area contributed by atoms with Gasteiger partial charge in [-0.3, -0.25) is 4.79 Å². The number of thiazole rings is 1. The van der Waals surface area contributed by atoms with Crippen LogP contribution >= 0.6 is 11.3 Å². The Labute approximate surface area is 147 Å². The number of benzene rings is 1. The van der Waals surface area contributed by atoms with Crippen LogP contribution in [-0.4, -0.2) is 34.9 Å². The van der Waals surface area contributed by atoms with Crippen molar-refractivity contribution >= 4 is 28.1 Å². The first-order valence-electron chi connectivity index (χ1n) is 8.69.